The van der Waals surface area contributed by atoms with Gasteiger partial charge in [-0.25, -0.2) is 13.6 Å². The van der Waals surface area contributed by atoms with E-state index in [-0.39, 0.29) is 39.9 Å². The third kappa shape index (κ3) is 7.21. The second-order valence-electron chi connectivity index (χ2n) is 9.90. The Morgan fingerprint density at radius 1 is 1.19 bits per heavy atom. The topological polar surface area (TPSA) is 124 Å². The number of esters is 1. The van der Waals surface area contributed by atoms with Gasteiger partial charge in [-0.3, -0.25) is 19.9 Å². The molecule has 0 atom stereocenters. The predicted molar refractivity (Wildman–Crippen MR) is 155 cm³/mol. The number of nitrogens with zero attached hydrogens (tertiary/aromatic N) is 4. The van der Waals surface area contributed by atoms with Gasteiger partial charge in [0.25, 0.3) is 12.3 Å². The number of carbonyl (C=O) groups is 3. The molecule has 1 N–H and O–H groups in total. The van der Waals surface area contributed by atoms with Gasteiger partial charge in [0.2, 0.25) is 11.0 Å². The molecule has 0 unspecified atom stereocenters. The lowest BCUT2D eigenvalue weighted by molar-refractivity contribution is -0.134. The number of rotatable bonds is 7. The Morgan fingerprint density at radius 3 is 2.72 bits per heavy atom. The number of methoxy groups -OCH3 is 2. The maximum atomic E-state index is 13.7. The van der Waals surface area contributed by atoms with Crippen LogP contribution < -0.4 is 15.0 Å². The van der Waals surface area contributed by atoms with E-state index in [0.29, 0.717) is 41.6 Å². The molecule has 3 aromatic rings. The van der Waals surface area contributed by atoms with Crippen molar-refractivity contribution < 1.29 is 32.6 Å². The van der Waals surface area contributed by atoms with Crippen LogP contribution in [0.25, 0.3) is 11.1 Å². The summed E-state index contributed by atoms with van der Waals surface area (Å²) >= 11 is 1.12. The third-order valence-electron chi connectivity index (χ3n) is 6.87. The van der Waals surface area contributed by atoms with Crippen molar-refractivity contribution in [2.45, 2.75) is 38.5 Å². The molecule has 1 aliphatic carbocycles. The molecule has 2 aromatic heterocycles. The number of pyridine rings is 1. The van der Waals surface area contributed by atoms with Crippen molar-refractivity contribution in [2.24, 2.45) is 5.92 Å². The van der Waals surface area contributed by atoms with Crippen molar-refractivity contribution in [1.82, 2.24) is 15.2 Å². The Morgan fingerprint density at radius 2 is 2.00 bits per heavy atom. The van der Waals surface area contributed by atoms with Gasteiger partial charge in [-0.15, -0.1) is 10.2 Å². The van der Waals surface area contributed by atoms with Crippen molar-refractivity contribution in [3.63, 3.8) is 0 Å². The van der Waals surface area contributed by atoms with Crippen LogP contribution in [0.15, 0.2) is 42.1 Å². The number of aromatic nitrogens is 3. The largest absolute Gasteiger partial charge is 0.494 e. The summed E-state index contributed by atoms with van der Waals surface area (Å²) < 4.78 is 37.5. The van der Waals surface area contributed by atoms with Gasteiger partial charge in [-0.05, 0) is 55.9 Å². The van der Waals surface area contributed by atoms with Crippen LogP contribution in [0.2, 0.25) is 0 Å². The number of hydrogen-bond donors (Lipinski definition) is 1. The van der Waals surface area contributed by atoms with E-state index >= 15 is 0 Å². The molecular formula is C30H27F2N5O5S. The first-order valence-corrected chi connectivity index (χ1v) is 14.3. The summed E-state index contributed by atoms with van der Waals surface area (Å²) in [5.41, 5.74) is 1.16. The Kier molecular flexibility index (Phi) is 9.06. The van der Waals surface area contributed by atoms with Crippen molar-refractivity contribution in [2.75, 3.05) is 31.0 Å². The van der Waals surface area contributed by atoms with Crippen LogP contribution in [-0.2, 0) is 14.3 Å². The fraction of sp³-hybridized carbons (Fsp3) is 0.333. The van der Waals surface area contributed by atoms with E-state index in [2.05, 4.69) is 32.3 Å². The Balaban J connectivity index is 1.52. The van der Waals surface area contributed by atoms with Gasteiger partial charge in [0.05, 0.1) is 20.4 Å². The van der Waals surface area contributed by atoms with Crippen LogP contribution in [0.3, 0.4) is 0 Å². The highest BCUT2D eigenvalue weighted by atomic mass is 32.1. The average molecular weight is 608 g/mol. The first kappa shape index (κ1) is 29.8. The standard InChI is InChI=1S/C30H27F2N5O5S/c1-41-24-16-33-23(28(31)32)15-22(24)21-14-19(37-11-3-4-18(12-26(37)38)13-27(39)42-2)8-9-20(21)29(40)34-30-36-35-25(43-30)10-7-17-5-6-17/h8-9,13-17,28H,3-6,11-12H2,1-2H3,(H,34,36,40)/b18-13-. The minimum Gasteiger partial charge on any atom is -0.494 e. The summed E-state index contributed by atoms with van der Waals surface area (Å²) in [5, 5.41) is 11.4. The number of alkyl halides is 2. The molecule has 10 nitrogen and oxygen atoms in total. The molecule has 0 spiro atoms. The van der Waals surface area contributed by atoms with E-state index < -0.39 is 24.0 Å². The van der Waals surface area contributed by atoms with E-state index in [1.165, 1.54) is 32.6 Å². The number of ether oxygens (including phenoxy) is 2. The van der Waals surface area contributed by atoms with Crippen LogP contribution in [0.4, 0.5) is 19.6 Å². The Hall–Kier alpha value is -4.70. The van der Waals surface area contributed by atoms with Crippen LogP contribution in [-0.4, -0.2) is 53.7 Å². The first-order valence-electron chi connectivity index (χ1n) is 13.5. The minimum absolute atomic E-state index is 0.00377. The van der Waals surface area contributed by atoms with E-state index in [1.807, 2.05) is 0 Å². The quantitative estimate of drug-likeness (QED) is 0.222. The summed E-state index contributed by atoms with van der Waals surface area (Å²) in [6.45, 7) is 0.341. The number of nitrogens with one attached hydrogen (secondary N) is 1. The maximum Gasteiger partial charge on any atom is 0.330 e. The van der Waals surface area contributed by atoms with E-state index in [9.17, 15) is 23.2 Å². The van der Waals surface area contributed by atoms with Crippen LogP contribution in [0, 0.1) is 17.8 Å². The number of benzene rings is 1. The molecule has 2 amide bonds. The second kappa shape index (κ2) is 13.1. The number of halogens is 2. The smallest absolute Gasteiger partial charge is 0.330 e. The highest BCUT2D eigenvalue weighted by Crippen LogP contribution is 2.38. The monoisotopic (exact) mass is 607 g/mol. The molecule has 2 fully saturated rings. The van der Waals surface area contributed by atoms with Gasteiger partial charge in [0.15, 0.2) is 5.01 Å². The number of amides is 2. The minimum atomic E-state index is -2.87. The van der Waals surface area contributed by atoms with Gasteiger partial charge >= 0.3 is 5.97 Å². The molecule has 222 valence electrons. The third-order valence-corrected chi connectivity index (χ3v) is 7.62. The molecule has 0 radical (unpaired) electrons. The van der Waals surface area contributed by atoms with Gasteiger partial charge in [-0.1, -0.05) is 22.8 Å². The zero-order chi connectivity index (χ0) is 30.5. The van der Waals surface area contributed by atoms with Crippen molar-refractivity contribution in [3.05, 3.63) is 58.4 Å². The SMILES string of the molecule is COC(=O)/C=C1/CCCN(c2ccc(C(=O)Nc3nnc(C#CC4CC4)s3)c(-c3cc(C(F)F)ncc3OC)c2)C(=O)C1. The molecular weight excluding hydrogens is 580 g/mol. The molecule has 1 saturated carbocycles. The second-order valence-corrected chi connectivity index (χ2v) is 10.9. The number of carbonyl (C=O) groups excluding carboxylic acids is 3. The summed E-state index contributed by atoms with van der Waals surface area (Å²) in [7, 11) is 2.63. The lowest BCUT2D eigenvalue weighted by atomic mass is 9.97. The summed E-state index contributed by atoms with van der Waals surface area (Å²) in [6.07, 6.45) is 2.85. The summed E-state index contributed by atoms with van der Waals surface area (Å²) in [6, 6.07) is 5.87. The number of anilines is 2. The van der Waals surface area contributed by atoms with Crippen LogP contribution in [0.1, 0.15) is 59.6 Å². The lowest BCUT2D eigenvalue weighted by Crippen LogP contribution is -2.30. The van der Waals surface area contributed by atoms with Crippen molar-refractivity contribution in [1.29, 1.82) is 0 Å². The van der Waals surface area contributed by atoms with Crippen LogP contribution in [0.5, 0.6) is 5.75 Å². The van der Waals surface area contributed by atoms with Gasteiger partial charge in [0, 0.05) is 47.3 Å². The molecule has 3 heterocycles. The zero-order valence-corrected chi connectivity index (χ0v) is 24.2. The molecule has 13 heteroatoms. The highest BCUT2D eigenvalue weighted by molar-refractivity contribution is 7.15. The lowest BCUT2D eigenvalue weighted by Gasteiger charge is -2.23. The Labute approximate surface area is 250 Å². The fourth-order valence-corrected chi connectivity index (χ4v) is 5.14. The van der Waals surface area contributed by atoms with Gasteiger partial charge in [-0.2, -0.15) is 0 Å². The molecule has 1 aromatic carbocycles. The normalized spacial score (nSPS) is 16.0. The van der Waals surface area contributed by atoms with E-state index in [0.717, 1.165) is 30.2 Å². The van der Waals surface area contributed by atoms with E-state index in [1.54, 1.807) is 17.0 Å². The average Bonchev–Trinajstić information content (AvgIpc) is 3.77. The zero-order valence-electron chi connectivity index (χ0n) is 23.4. The van der Waals surface area contributed by atoms with Crippen molar-refractivity contribution >= 4 is 39.9 Å². The fourth-order valence-electron chi connectivity index (χ4n) is 4.54. The van der Waals surface area contributed by atoms with Crippen molar-refractivity contribution in [3.8, 4) is 28.7 Å². The molecule has 2 aliphatic rings. The Bertz CT molecular complexity index is 1660. The number of hydrogen-bond acceptors (Lipinski definition) is 9. The molecule has 1 saturated heterocycles. The highest BCUT2D eigenvalue weighted by Gasteiger charge is 2.26. The van der Waals surface area contributed by atoms with E-state index in [4.69, 9.17) is 9.47 Å². The van der Waals surface area contributed by atoms with Gasteiger partial charge in [0.1, 0.15) is 11.4 Å². The predicted octanol–water partition coefficient (Wildman–Crippen LogP) is 5.18. The summed E-state index contributed by atoms with van der Waals surface area (Å²) in [5.74, 6) is 5.23. The maximum absolute atomic E-state index is 13.7. The molecule has 5 rings (SSSR count). The first-order chi connectivity index (χ1) is 20.7. The van der Waals surface area contributed by atoms with Crippen LogP contribution >= 0.6 is 11.3 Å². The van der Waals surface area contributed by atoms with Gasteiger partial charge < -0.3 is 14.4 Å². The molecule has 0 bridgehead atoms. The molecule has 43 heavy (non-hydrogen) atoms. The molecule has 1 aliphatic heterocycles. The summed E-state index contributed by atoms with van der Waals surface area (Å²) in [4.78, 5) is 43.9.